The quantitative estimate of drug-likeness (QED) is 0.470. The van der Waals surface area contributed by atoms with Crippen LogP contribution >= 0.6 is 11.6 Å². The molecule has 0 aliphatic carbocycles. The van der Waals surface area contributed by atoms with E-state index in [-0.39, 0.29) is 17.1 Å². The van der Waals surface area contributed by atoms with Crippen LogP contribution in [0.15, 0.2) is 48.7 Å². The van der Waals surface area contributed by atoms with E-state index in [9.17, 15) is 28.1 Å². The summed E-state index contributed by atoms with van der Waals surface area (Å²) in [4.78, 5) is 22.8. The molecule has 0 spiro atoms. The summed E-state index contributed by atoms with van der Waals surface area (Å²) in [6, 6.07) is 9.13. The van der Waals surface area contributed by atoms with Crippen molar-refractivity contribution < 1.29 is 22.9 Å². The molecule has 0 unspecified atom stereocenters. The number of nitro groups is 1. The highest BCUT2D eigenvalue weighted by Gasteiger charge is 2.40. The van der Waals surface area contributed by atoms with Gasteiger partial charge in [0.2, 0.25) is 0 Å². The van der Waals surface area contributed by atoms with Crippen molar-refractivity contribution in [3.63, 3.8) is 0 Å². The van der Waals surface area contributed by atoms with Crippen molar-refractivity contribution >= 4 is 28.9 Å². The Morgan fingerprint density at radius 1 is 1.21 bits per heavy atom. The molecule has 7 nitrogen and oxygen atoms in total. The molecule has 0 aliphatic rings. The Balaban J connectivity index is 2.03. The lowest BCUT2D eigenvalue weighted by molar-refractivity contribution is -0.384. The predicted octanol–water partition coefficient (Wildman–Crippen LogP) is 5.01. The molecule has 1 aromatic heterocycles. The fourth-order valence-electron chi connectivity index (χ4n) is 2.61. The summed E-state index contributed by atoms with van der Waals surface area (Å²) in [7, 11) is 0. The van der Waals surface area contributed by atoms with Crippen LogP contribution in [-0.2, 0) is 6.18 Å². The number of hydrogen-bond acceptors (Lipinski definition) is 4. The van der Waals surface area contributed by atoms with Crippen molar-refractivity contribution in [2.45, 2.75) is 13.1 Å². The van der Waals surface area contributed by atoms with Gasteiger partial charge in [0.1, 0.15) is 0 Å². The van der Waals surface area contributed by atoms with Crippen molar-refractivity contribution in [3.8, 4) is 5.69 Å². The molecule has 3 aromatic rings. The zero-order valence-electron chi connectivity index (χ0n) is 14.7. The first-order valence-corrected chi connectivity index (χ1v) is 8.43. The summed E-state index contributed by atoms with van der Waals surface area (Å²) in [6.07, 6.45) is -4.10. The maximum Gasteiger partial charge on any atom is 0.434 e. The van der Waals surface area contributed by atoms with Gasteiger partial charge in [-0.05, 0) is 36.8 Å². The summed E-state index contributed by atoms with van der Waals surface area (Å²) >= 11 is 5.76. The number of halogens is 4. The molecule has 2 aromatic carbocycles. The van der Waals surface area contributed by atoms with E-state index in [1.807, 2.05) is 0 Å². The largest absolute Gasteiger partial charge is 0.434 e. The first kappa shape index (κ1) is 20.3. The molecule has 3 rings (SSSR count). The van der Waals surface area contributed by atoms with E-state index in [0.717, 1.165) is 12.3 Å². The van der Waals surface area contributed by atoms with Gasteiger partial charge < -0.3 is 5.32 Å². The maximum atomic E-state index is 13.7. The molecule has 0 aliphatic heterocycles. The first-order chi connectivity index (χ1) is 13.6. The highest BCUT2D eigenvalue weighted by atomic mass is 35.5. The Morgan fingerprint density at radius 2 is 1.86 bits per heavy atom. The van der Waals surface area contributed by atoms with Gasteiger partial charge in [0.25, 0.3) is 11.6 Å². The molecule has 0 saturated carbocycles. The second-order valence-electron chi connectivity index (χ2n) is 6.00. The number of carbonyl (C=O) groups is 1. The van der Waals surface area contributed by atoms with E-state index < -0.39 is 28.3 Å². The van der Waals surface area contributed by atoms with Gasteiger partial charge in [-0.1, -0.05) is 17.7 Å². The number of rotatable bonds is 4. The predicted molar refractivity (Wildman–Crippen MR) is 99.4 cm³/mol. The number of nitrogens with zero attached hydrogens (tertiary/aromatic N) is 3. The Kier molecular flexibility index (Phi) is 5.29. The van der Waals surface area contributed by atoms with Crippen LogP contribution in [-0.4, -0.2) is 20.6 Å². The topological polar surface area (TPSA) is 90.1 Å². The van der Waals surface area contributed by atoms with Crippen LogP contribution in [0.25, 0.3) is 5.69 Å². The Bertz CT molecular complexity index is 1090. The van der Waals surface area contributed by atoms with Crippen molar-refractivity contribution in [2.75, 3.05) is 5.32 Å². The molecule has 0 bridgehead atoms. The number of nitrogens with one attached hydrogen (secondary N) is 1. The molecule has 11 heteroatoms. The second-order valence-corrected chi connectivity index (χ2v) is 6.44. The normalized spacial score (nSPS) is 11.3. The van der Waals surface area contributed by atoms with Crippen LogP contribution in [0.3, 0.4) is 0 Å². The summed E-state index contributed by atoms with van der Waals surface area (Å²) in [5.41, 5.74) is -1.77. The lowest BCUT2D eigenvalue weighted by atomic mass is 10.1. The van der Waals surface area contributed by atoms with Crippen LogP contribution in [0.1, 0.15) is 21.6 Å². The Hall–Kier alpha value is -3.40. The van der Waals surface area contributed by atoms with Crippen LogP contribution < -0.4 is 5.32 Å². The second kappa shape index (κ2) is 7.55. The van der Waals surface area contributed by atoms with Crippen LogP contribution in [0.4, 0.5) is 24.5 Å². The van der Waals surface area contributed by atoms with Crippen molar-refractivity contribution in [1.29, 1.82) is 0 Å². The van der Waals surface area contributed by atoms with E-state index in [1.54, 1.807) is 6.92 Å². The standard InChI is InChI=1S/C18H12ClF3N4O3/c1-10-2-5-13(26(28)29)8-15(10)24-17(27)14-9-23-25(16(14)18(20,21)22)12-6-3-11(19)4-7-12/h2-9H,1H3,(H,24,27). The van der Waals surface area contributed by atoms with Crippen molar-refractivity contribution in [1.82, 2.24) is 9.78 Å². The summed E-state index contributed by atoms with van der Waals surface area (Å²) in [6.45, 7) is 1.56. The third-order valence-corrected chi connectivity index (χ3v) is 4.29. The van der Waals surface area contributed by atoms with Crippen LogP contribution in [0, 0.1) is 17.0 Å². The molecule has 0 atom stereocenters. The van der Waals surface area contributed by atoms with Gasteiger partial charge in [0.05, 0.1) is 28.1 Å². The lowest BCUT2D eigenvalue weighted by Gasteiger charge is -2.13. The highest BCUT2D eigenvalue weighted by molar-refractivity contribution is 6.30. The molecule has 1 N–H and O–H groups in total. The lowest BCUT2D eigenvalue weighted by Crippen LogP contribution is -2.21. The van der Waals surface area contributed by atoms with E-state index >= 15 is 0 Å². The molecular weight excluding hydrogens is 413 g/mol. The summed E-state index contributed by atoms with van der Waals surface area (Å²) in [5, 5.41) is 17.2. The molecule has 0 radical (unpaired) electrons. The number of alkyl halides is 3. The molecule has 0 fully saturated rings. The first-order valence-electron chi connectivity index (χ1n) is 8.05. The Labute approximate surface area is 166 Å². The number of aryl methyl sites for hydroxylation is 1. The fourth-order valence-corrected chi connectivity index (χ4v) is 2.74. The number of carbonyl (C=O) groups excluding carboxylic acids is 1. The van der Waals surface area contributed by atoms with Gasteiger partial charge in [0.15, 0.2) is 5.69 Å². The van der Waals surface area contributed by atoms with Crippen molar-refractivity contribution in [2.24, 2.45) is 0 Å². The monoisotopic (exact) mass is 424 g/mol. The van der Waals surface area contributed by atoms with Crippen molar-refractivity contribution in [3.05, 3.63) is 80.6 Å². The van der Waals surface area contributed by atoms with Gasteiger partial charge in [-0.3, -0.25) is 14.9 Å². The summed E-state index contributed by atoms with van der Waals surface area (Å²) < 4.78 is 41.7. The minimum atomic E-state index is -4.89. The fraction of sp³-hybridized carbons (Fsp3) is 0.111. The molecular formula is C18H12ClF3N4O3. The molecule has 1 amide bonds. The van der Waals surface area contributed by atoms with E-state index in [1.165, 1.54) is 36.4 Å². The highest BCUT2D eigenvalue weighted by Crippen LogP contribution is 2.34. The van der Waals surface area contributed by atoms with Crippen LogP contribution in [0.5, 0.6) is 0 Å². The zero-order chi connectivity index (χ0) is 21.3. The number of nitro benzene ring substituents is 1. The van der Waals surface area contributed by atoms with Gasteiger partial charge in [-0.25, -0.2) is 4.68 Å². The number of non-ortho nitro benzene ring substituents is 1. The Morgan fingerprint density at radius 3 is 2.45 bits per heavy atom. The summed E-state index contributed by atoms with van der Waals surface area (Å²) in [5.74, 6) is -1.10. The minimum Gasteiger partial charge on any atom is -0.321 e. The van der Waals surface area contributed by atoms with Crippen LogP contribution in [0.2, 0.25) is 5.02 Å². The van der Waals surface area contributed by atoms with Gasteiger partial charge >= 0.3 is 6.18 Å². The number of benzene rings is 2. The third-order valence-electron chi connectivity index (χ3n) is 4.03. The van der Waals surface area contributed by atoms with Gasteiger partial charge in [0, 0.05) is 17.2 Å². The number of hydrogen-bond donors (Lipinski definition) is 1. The average molecular weight is 425 g/mol. The zero-order valence-corrected chi connectivity index (χ0v) is 15.5. The number of aromatic nitrogens is 2. The number of amides is 1. The maximum absolute atomic E-state index is 13.7. The average Bonchev–Trinajstić information content (AvgIpc) is 3.09. The van der Waals surface area contributed by atoms with Gasteiger partial charge in [-0.15, -0.1) is 0 Å². The minimum absolute atomic E-state index is 0.0246. The SMILES string of the molecule is Cc1ccc([N+](=O)[O-])cc1NC(=O)c1cnn(-c2ccc(Cl)cc2)c1C(F)(F)F. The smallest absolute Gasteiger partial charge is 0.321 e. The molecule has 29 heavy (non-hydrogen) atoms. The molecule has 150 valence electrons. The molecule has 1 heterocycles. The van der Waals surface area contributed by atoms with Gasteiger partial charge in [-0.2, -0.15) is 18.3 Å². The van der Waals surface area contributed by atoms with E-state index in [2.05, 4.69) is 10.4 Å². The van der Waals surface area contributed by atoms with E-state index in [4.69, 9.17) is 11.6 Å². The van der Waals surface area contributed by atoms with E-state index in [0.29, 0.717) is 15.3 Å². The third kappa shape index (κ3) is 4.21. The number of anilines is 1. The molecule has 0 saturated heterocycles.